The number of benzene rings is 1. The van der Waals surface area contributed by atoms with Gasteiger partial charge in [-0.25, -0.2) is 4.39 Å². The van der Waals surface area contributed by atoms with Crippen molar-refractivity contribution in [1.82, 2.24) is 9.80 Å². The van der Waals surface area contributed by atoms with Gasteiger partial charge in [-0.2, -0.15) is 0 Å². The lowest BCUT2D eigenvalue weighted by Crippen LogP contribution is -2.44. The second-order valence-electron chi connectivity index (χ2n) is 7.45. The van der Waals surface area contributed by atoms with Crippen LogP contribution in [0.1, 0.15) is 36.0 Å². The molecule has 2 aliphatic heterocycles. The maximum atomic E-state index is 14.2. The Labute approximate surface area is 159 Å². The number of rotatable bonds is 6. The van der Waals surface area contributed by atoms with E-state index in [1.54, 1.807) is 18.1 Å². The van der Waals surface area contributed by atoms with Crippen LogP contribution in [0.5, 0.6) is 5.75 Å². The Morgan fingerprint density at radius 1 is 1.26 bits per heavy atom. The van der Waals surface area contributed by atoms with E-state index in [2.05, 4.69) is 0 Å². The van der Waals surface area contributed by atoms with E-state index in [4.69, 9.17) is 9.47 Å². The molecule has 0 N–H and O–H groups in total. The van der Waals surface area contributed by atoms with Crippen LogP contribution in [0.25, 0.3) is 0 Å². The highest BCUT2D eigenvalue weighted by molar-refractivity contribution is 5.97. The molecule has 2 aliphatic rings. The minimum Gasteiger partial charge on any atom is -0.496 e. The zero-order valence-corrected chi connectivity index (χ0v) is 16.0. The molecule has 2 saturated heterocycles. The summed E-state index contributed by atoms with van der Waals surface area (Å²) in [4.78, 5) is 28.8. The number of halogens is 1. The van der Waals surface area contributed by atoms with Crippen LogP contribution in [0, 0.1) is 11.2 Å². The fraction of sp³-hybridized carbons (Fsp3) is 0.600. The monoisotopic (exact) mass is 378 g/mol. The number of likely N-dealkylation sites (tertiary alicyclic amines) is 2. The summed E-state index contributed by atoms with van der Waals surface area (Å²) in [5.41, 5.74) is -0.0834. The number of hydrogen-bond acceptors (Lipinski definition) is 4. The van der Waals surface area contributed by atoms with E-state index in [1.807, 2.05) is 4.90 Å². The van der Waals surface area contributed by atoms with Crippen LogP contribution in [-0.4, -0.2) is 68.6 Å². The maximum absolute atomic E-state index is 14.2. The molecule has 2 heterocycles. The average Bonchev–Trinajstić information content (AvgIpc) is 2.96. The zero-order chi connectivity index (χ0) is 19.4. The van der Waals surface area contributed by atoms with Crippen LogP contribution in [-0.2, 0) is 9.53 Å². The minimum absolute atomic E-state index is 0.0142. The molecular formula is C20H27FN2O4. The molecule has 6 nitrogen and oxygen atoms in total. The van der Waals surface area contributed by atoms with Gasteiger partial charge in [-0.15, -0.1) is 0 Å². The summed E-state index contributed by atoms with van der Waals surface area (Å²) in [5.74, 6) is -0.483. The first-order valence-corrected chi connectivity index (χ1v) is 9.38. The third-order valence-electron chi connectivity index (χ3n) is 5.70. The van der Waals surface area contributed by atoms with Crippen molar-refractivity contribution in [2.75, 3.05) is 47.0 Å². The molecule has 0 radical (unpaired) electrons. The van der Waals surface area contributed by atoms with Crippen molar-refractivity contribution in [3.8, 4) is 5.75 Å². The lowest BCUT2D eigenvalue weighted by molar-refractivity contribution is -0.128. The molecule has 0 unspecified atom stereocenters. The first kappa shape index (κ1) is 19.6. The summed E-state index contributed by atoms with van der Waals surface area (Å²) in [6.07, 6.45) is 2.87. The van der Waals surface area contributed by atoms with Crippen molar-refractivity contribution in [2.24, 2.45) is 5.41 Å². The van der Waals surface area contributed by atoms with Crippen molar-refractivity contribution >= 4 is 11.8 Å². The number of nitrogens with zero attached hydrogens (tertiary/aromatic N) is 2. The topological polar surface area (TPSA) is 59.1 Å². The second-order valence-corrected chi connectivity index (χ2v) is 7.45. The Bertz CT molecular complexity index is 701. The standard InChI is InChI=1S/C20H27FN2O4/c1-26-12-4-9-23-14-20(13-17(23)24)7-10-22(11-8-20)19(25)18-15(21)5-3-6-16(18)27-2/h3,5-6H,4,7-14H2,1-2H3. The normalized spacial score (nSPS) is 19.0. The summed E-state index contributed by atoms with van der Waals surface area (Å²) in [5, 5.41) is 0. The lowest BCUT2D eigenvalue weighted by Gasteiger charge is -2.39. The van der Waals surface area contributed by atoms with Gasteiger partial charge in [-0.1, -0.05) is 6.07 Å². The molecule has 7 heteroatoms. The van der Waals surface area contributed by atoms with Crippen molar-refractivity contribution in [2.45, 2.75) is 25.7 Å². The summed E-state index contributed by atoms with van der Waals surface area (Å²) >= 11 is 0. The number of carbonyl (C=O) groups is 2. The largest absolute Gasteiger partial charge is 0.496 e. The minimum atomic E-state index is -0.569. The fourth-order valence-electron chi connectivity index (χ4n) is 4.14. The van der Waals surface area contributed by atoms with Gasteiger partial charge >= 0.3 is 0 Å². The van der Waals surface area contributed by atoms with E-state index in [0.717, 1.165) is 25.8 Å². The molecule has 0 aliphatic carbocycles. The molecule has 2 amide bonds. The van der Waals surface area contributed by atoms with Gasteiger partial charge in [0.2, 0.25) is 5.91 Å². The number of piperidine rings is 1. The molecule has 0 aromatic heterocycles. The van der Waals surface area contributed by atoms with Gasteiger partial charge in [0.25, 0.3) is 5.91 Å². The highest BCUT2D eigenvalue weighted by Crippen LogP contribution is 2.41. The number of methoxy groups -OCH3 is 2. The first-order valence-electron chi connectivity index (χ1n) is 9.38. The molecule has 148 valence electrons. The summed E-state index contributed by atoms with van der Waals surface area (Å²) in [7, 11) is 3.09. The molecular weight excluding hydrogens is 351 g/mol. The van der Waals surface area contributed by atoms with E-state index < -0.39 is 5.82 Å². The number of ether oxygens (including phenoxy) is 2. The molecule has 0 saturated carbocycles. The molecule has 1 aromatic rings. The Morgan fingerprint density at radius 2 is 2.00 bits per heavy atom. The molecule has 1 aromatic carbocycles. The van der Waals surface area contributed by atoms with Gasteiger partial charge in [0.15, 0.2) is 0 Å². The van der Waals surface area contributed by atoms with Crippen molar-refractivity contribution in [1.29, 1.82) is 0 Å². The summed E-state index contributed by atoms with van der Waals surface area (Å²) in [6, 6.07) is 4.39. The van der Waals surface area contributed by atoms with Crippen LogP contribution in [0.4, 0.5) is 4.39 Å². The van der Waals surface area contributed by atoms with Crippen LogP contribution < -0.4 is 4.74 Å². The summed E-state index contributed by atoms with van der Waals surface area (Å²) < 4.78 is 24.4. The summed E-state index contributed by atoms with van der Waals surface area (Å²) in [6.45, 7) is 3.14. The third-order valence-corrected chi connectivity index (χ3v) is 5.70. The Morgan fingerprint density at radius 3 is 2.67 bits per heavy atom. The van der Waals surface area contributed by atoms with Crippen LogP contribution in [0.2, 0.25) is 0 Å². The molecule has 2 fully saturated rings. The van der Waals surface area contributed by atoms with Gasteiger partial charge in [-0.3, -0.25) is 9.59 Å². The maximum Gasteiger partial charge on any atom is 0.260 e. The van der Waals surface area contributed by atoms with E-state index in [0.29, 0.717) is 32.7 Å². The van der Waals surface area contributed by atoms with Crippen LogP contribution in [0.3, 0.4) is 0 Å². The lowest BCUT2D eigenvalue weighted by atomic mass is 9.77. The predicted octanol–water partition coefficient (Wildman–Crippen LogP) is 2.33. The molecule has 0 bridgehead atoms. The van der Waals surface area contributed by atoms with Gasteiger partial charge in [0.1, 0.15) is 17.1 Å². The molecule has 0 atom stereocenters. The Balaban J connectivity index is 1.62. The average molecular weight is 378 g/mol. The van der Waals surface area contributed by atoms with Crippen molar-refractivity contribution in [3.63, 3.8) is 0 Å². The SMILES string of the molecule is COCCCN1CC2(CCN(C(=O)c3c(F)cccc3OC)CC2)CC1=O. The molecule has 27 heavy (non-hydrogen) atoms. The van der Waals surface area contributed by atoms with E-state index in [1.165, 1.54) is 19.2 Å². The second kappa shape index (κ2) is 8.25. The van der Waals surface area contributed by atoms with Crippen molar-refractivity contribution < 1.29 is 23.5 Å². The van der Waals surface area contributed by atoms with Crippen molar-refractivity contribution in [3.05, 3.63) is 29.6 Å². The smallest absolute Gasteiger partial charge is 0.260 e. The highest BCUT2D eigenvalue weighted by atomic mass is 19.1. The van der Waals surface area contributed by atoms with Crippen LogP contribution in [0.15, 0.2) is 18.2 Å². The number of hydrogen-bond donors (Lipinski definition) is 0. The fourth-order valence-corrected chi connectivity index (χ4v) is 4.14. The number of carbonyl (C=O) groups excluding carboxylic acids is 2. The van der Waals surface area contributed by atoms with Crippen LogP contribution >= 0.6 is 0 Å². The quantitative estimate of drug-likeness (QED) is 0.713. The highest BCUT2D eigenvalue weighted by Gasteiger charge is 2.45. The van der Waals surface area contributed by atoms with E-state index >= 15 is 0 Å². The zero-order valence-electron chi connectivity index (χ0n) is 16.0. The van der Waals surface area contributed by atoms with E-state index in [-0.39, 0.29) is 28.5 Å². The third kappa shape index (κ3) is 4.08. The Kier molecular flexibility index (Phi) is 5.99. The Hall–Kier alpha value is -2.15. The number of amides is 2. The van der Waals surface area contributed by atoms with Gasteiger partial charge in [0.05, 0.1) is 7.11 Å². The van der Waals surface area contributed by atoms with Gasteiger partial charge in [0, 0.05) is 51.7 Å². The van der Waals surface area contributed by atoms with E-state index in [9.17, 15) is 14.0 Å². The molecule has 1 spiro atoms. The van der Waals surface area contributed by atoms with Gasteiger partial charge in [-0.05, 0) is 31.4 Å². The first-order chi connectivity index (χ1) is 13.0. The predicted molar refractivity (Wildman–Crippen MR) is 98.2 cm³/mol. The van der Waals surface area contributed by atoms with Gasteiger partial charge < -0.3 is 19.3 Å². The molecule has 3 rings (SSSR count).